The molecule has 13 heavy (non-hydrogen) atoms. The van der Waals surface area contributed by atoms with Gasteiger partial charge in [-0.1, -0.05) is 6.92 Å². The quantitative estimate of drug-likeness (QED) is 0.717. The van der Waals surface area contributed by atoms with Crippen molar-refractivity contribution in [3.05, 3.63) is 23.7 Å². The van der Waals surface area contributed by atoms with Crippen molar-refractivity contribution in [2.45, 2.75) is 32.7 Å². The molecule has 1 aliphatic rings. The van der Waals surface area contributed by atoms with Crippen LogP contribution in [0.25, 0.3) is 0 Å². The van der Waals surface area contributed by atoms with Crippen LogP contribution >= 0.6 is 0 Å². The van der Waals surface area contributed by atoms with Crippen molar-refractivity contribution in [2.75, 3.05) is 6.54 Å². The molecule has 1 aromatic rings. The fourth-order valence-corrected chi connectivity index (χ4v) is 1.96. The Morgan fingerprint density at radius 2 is 2.31 bits per heavy atom. The summed E-state index contributed by atoms with van der Waals surface area (Å²) in [7, 11) is 0. The summed E-state index contributed by atoms with van der Waals surface area (Å²) in [5.41, 5.74) is 0. The molecular weight excluding hydrogens is 162 g/mol. The molecule has 0 bridgehead atoms. The van der Waals surface area contributed by atoms with Crippen LogP contribution in [0.4, 0.5) is 0 Å². The summed E-state index contributed by atoms with van der Waals surface area (Å²) in [6, 6.07) is 4.57. The second kappa shape index (κ2) is 3.54. The van der Waals surface area contributed by atoms with E-state index in [4.69, 9.17) is 4.42 Å². The second-order valence-electron chi connectivity index (χ2n) is 4.08. The highest BCUT2D eigenvalue weighted by atomic mass is 16.3. The molecule has 0 spiro atoms. The number of hydrogen-bond donors (Lipinski definition) is 1. The Hall–Kier alpha value is -0.760. The van der Waals surface area contributed by atoms with E-state index < -0.39 is 0 Å². The summed E-state index contributed by atoms with van der Waals surface area (Å²) in [5.74, 6) is 2.93. The first-order chi connectivity index (χ1) is 6.25. The summed E-state index contributed by atoms with van der Waals surface area (Å²) in [5, 5.41) is 3.49. The number of furan rings is 1. The minimum absolute atomic E-state index is 0.442. The van der Waals surface area contributed by atoms with Crippen LogP contribution in [0, 0.1) is 12.8 Å². The van der Waals surface area contributed by atoms with Gasteiger partial charge in [0.2, 0.25) is 0 Å². The lowest BCUT2D eigenvalue weighted by Crippen LogP contribution is -2.30. The molecule has 0 radical (unpaired) electrons. The van der Waals surface area contributed by atoms with Crippen molar-refractivity contribution < 1.29 is 4.42 Å². The average Bonchev–Trinajstić information content (AvgIpc) is 2.52. The smallest absolute Gasteiger partial charge is 0.121 e. The minimum atomic E-state index is 0.442. The van der Waals surface area contributed by atoms with E-state index >= 15 is 0 Å². The molecule has 1 N–H and O–H groups in total. The molecule has 0 aromatic carbocycles. The van der Waals surface area contributed by atoms with Gasteiger partial charge in [-0.3, -0.25) is 0 Å². The highest BCUT2D eigenvalue weighted by Crippen LogP contribution is 2.27. The molecule has 0 unspecified atom stereocenters. The third-order valence-electron chi connectivity index (χ3n) is 2.77. The first-order valence-corrected chi connectivity index (χ1v) is 5.05. The number of rotatable bonds is 1. The lowest BCUT2D eigenvalue weighted by atomic mass is 9.93. The molecular formula is C11H17NO. The maximum Gasteiger partial charge on any atom is 0.121 e. The first kappa shape index (κ1) is 8.82. The Labute approximate surface area is 79.3 Å². The molecule has 2 heteroatoms. The first-order valence-electron chi connectivity index (χ1n) is 5.05. The summed E-state index contributed by atoms with van der Waals surface area (Å²) in [6.45, 7) is 5.42. The molecule has 1 aromatic heterocycles. The highest BCUT2D eigenvalue weighted by Gasteiger charge is 2.21. The topological polar surface area (TPSA) is 25.2 Å². The zero-order valence-electron chi connectivity index (χ0n) is 8.34. The van der Waals surface area contributed by atoms with Crippen LogP contribution in [0.5, 0.6) is 0 Å². The molecule has 0 saturated carbocycles. The normalized spacial score (nSPS) is 29.1. The predicted octanol–water partition coefficient (Wildman–Crippen LogP) is 2.65. The van der Waals surface area contributed by atoms with Crippen molar-refractivity contribution in [1.29, 1.82) is 0 Å². The van der Waals surface area contributed by atoms with E-state index in [2.05, 4.69) is 18.3 Å². The minimum Gasteiger partial charge on any atom is -0.465 e. The van der Waals surface area contributed by atoms with Crippen molar-refractivity contribution in [1.82, 2.24) is 5.32 Å². The molecule has 2 nitrogen and oxygen atoms in total. The average molecular weight is 179 g/mol. The van der Waals surface area contributed by atoms with Crippen molar-refractivity contribution >= 4 is 0 Å². The number of aryl methyl sites for hydroxylation is 1. The van der Waals surface area contributed by atoms with E-state index in [1.165, 1.54) is 12.8 Å². The van der Waals surface area contributed by atoms with Gasteiger partial charge in [-0.05, 0) is 44.4 Å². The van der Waals surface area contributed by atoms with Gasteiger partial charge in [-0.2, -0.15) is 0 Å². The molecule has 0 aliphatic carbocycles. The van der Waals surface area contributed by atoms with Gasteiger partial charge < -0.3 is 9.73 Å². The lowest BCUT2D eigenvalue weighted by molar-refractivity contribution is 0.287. The molecule has 1 saturated heterocycles. The zero-order chi connectivity index (χ0) is 9.26. The van der Waals surface area contributed by atoms with E-state index in [9.17, 15) is 0 Å². The van der Waals surface area contributed by atoms with Crippen LogP contribution < -0.4 is 5.32 Å². The van der Waals surface area contributed by atoms with Crippen LogP contribution in [0.1, 0.15) is 37.3 Å². The molecule has 72 valence electrons. The SMILES string of the molecule is Cc1ccc([C@H]2C[C@@H](C)CCN2)o1. The van der Waals surface area contributed by atoms with Gasteiger partial charge in [-0.25, -0.2) is 0 Å². The summed E-state index contributed by atoms with van der Waals surface area (Å²) < 4.78 is 5.61. The van der Waals surface area contributed by atoms with E-state index in [1.807, 2.05) is 13.0 Å². The van der Waals surface area contributed by atoms with E-state index in [1.54, 1.807) is 0 Å². The van der Waals surface area contributed by atoms with Gasteiger partial charge in [0.15, 0.2) is 0 Å². The summed E-state index contributed by atoms with van der Waals surface area (Å²) in [4.78, 5) is 0. The van der Waals surface area contributed by atoms with Gasteiger partial charge >= 0.3 is 0 Å². The molecule has 1 fully saturated rings. The zero-order valence-corrected chi connectivity index (χ0v) is 8.34. The van der Waals surface area contributed by atoms with Crippen LogP contribution in [0.3, 0.4) is 0 Å². The summed E-state index contributed by atoms with van der Waals surface area (Å²) in [6.07, 6.45) is 2.49. The Kier molecular flexibility index (Phi) is 2.40. The van der Waals surface area contributed by atoms with Gasteiger partial charge in [0, 0.05) is 0 Å². The van der Waals surface area contributed by atoms with Gasteiger partial charge in [-0.15, -0.1) is 0 Å². The third-order valence-corrected chi connectivity index (χ3v) is 2.77. The van der Waals surface area contributed by atoms with Gasteiger partial charge in [0.1, 0.15) is 11.5 Å². The Morgan fingerprint density at radius 1 is 1.46 bits per heavy atom. The van der Waals surface area contributed by atoms with Crippen molar-refractivity contribution in [3.63, 3.8) is 0 Å². The number of nitrogens with one attached hydrogen (secondary N) is 1. The standard InChI is InChI=1S/C11H17NO/c1-8-5-6-12-10(7-8)11-4-3-9(2)13-11/h3-4,8,10,12H,5-7H2,1-2H3/t8-,10+/m0/s1. The maximum absolute atomic E-state index is 5.61. The largest absolute Gasteiger partial charge is 0.465 e. The van der Waals surface area contributed by atoms with Gasteiger partial charge in [0.25, 0.3) is 0 Å². The molecule has 2 heterocycles. The second-order valence-corrected chi connectivity index (χ2v) is 4.08. The Bertz CT molecular complexity index is 279. The van der Waals surface area contributed by atoms with Crippen LogP contribution in [-0.2, 0) is 0 Å². The van der Waals surface area contributed by atoms with Gasteiger partial charge in [0.05, 0.1) is 6.04 Å². The molecule has 0 amide bonds. The maximum atomic E-state index is 5.61. The fourth-order valence-electron chi connectivity index (χ4n) is 1.96. The Morgan fingerprint density at radius 3 is 2.92 bits per heavy atom. The third kappa shape index (κ3) is 1.94. The van der Waals surface area contributed by atoms with E-state index in [-0.39, 0.29) is 0 Å². The molecule has 2 atom stereocenters. The van der Waals surface area contributed by atoms with Crippen molar-refractivity contribution in [3.8, 4) is 0 Å². The Balaban J connectivity index is 2.08. The van der Waals surface area contributed by atoms with Crippen molar-refractivity contribution in [2.24, 2.45) is 5.92 Å². The molecule has 2 rings (SSSR count). The van der Waals surface area contributed by atoms with Crippen LogP contribution in [0.15, 0.2) is 16.5 Å². The number of hydrogen-bond acceptors (Lipinski definition) is 2. The monoisotopic (exact) mass is 179 g/mol. The fraction of sp³-hybridized carbons (Fsp3) is 0.636. The van der Waals surface area contributed by atoms with Crippen LogP contribution in [0.2, 0.25) is 0 Å². The number of piperidine rings is 1. The van der Waals surface area contributed by atoms with Crippen LogP contribution in [-0.4, -0.2) is 6.54 Å². The molecule has 1 aliphatic heterocycles. The lowest BCUT2D eigenvalue weighted by Gasteiger charge is -2.26. The summed E-state index contributed by atoms with van der Waals surface area (Å²) >= 11 is 0. The van der Waals surface area contributed by atoms with E-state index in [0.29, 0.717) is 6.04 Å². The predicted molar refractivity (Wildman–Crippen MR) is 52.6 cm³/mol. The highest BCUT2D eigenvalue weighted by molar-refractivity contribution is 5.10. The van der Waals surface area contributed by atoms with E-state index in [0.717, 1.165) is 24.0 Å².